The zero-order chi connectivity index (χ0) is 18.5. The van der Waals surface area contributed by atoms with E-state index in [1.807, 2.05) is 18.2 Å². The van der Waals surface area contributed by atoms with E-state index in [0.29, 0.717) is 38.1 Å². The first-order valence-electron chi connectivity index (χ1n) is 8.55. The van der Waals surface area contributed by atoms with Crippen molar-refractivity contribution in [3.63, 3.8) is 0 Å². The van der Waals surface area contributed by atoms with Crippen molar-refractivity contribution < 1.29 is 14.3 Å². The molecule has 2 aliphatic rings. The van der Waals surface area contributed by atoms with Crippen molar-refractivity contribution in [2.45, 2.75) is 18.2 Å². The number of methoxy groups -OCH3 is 1. The molecule has 2 heterocycles. The Balaban J connectivity index is 1.66. The fourth-order valence-electron chi connectivity index (χ4n) is 3.22. The summed E-state index contributed by atoms with van der Waals surface area (Å²) in [6.45, 7) is 1.53. The summed E-state index contributed by atoms with van der Waals surface area (Å²) in [5.74, 6) is -0.473. The molecule has 0 saturated carbocycles. The number of hydrogen-bond donors (Lipinski definition) is 1. The average Bonchev–Trinajstić information content (AvgIpc) is 3.02. The summed E-state index contributed by atoms with van der Waals surface area (Å²) in [7, 11) is 1.58. The van der Waals surface area contributed by atoms with Gasteiger partial charge in [0.25, 0.3) is 5.91 Å². The van der Waals surface area contributed by atoms with E-state index in [0.717, 1.165) is 10.5 Å². The zero-order valence-electron chi connectivity index (χ0n) is 14.6. The Morgan fingerprint density at radius 2 is 2.15 bits per heavy atom. The molecule has 0 radical (unpaired) electrons. The minimum Gasteiger partial charge on any atom is -0.384 e. The van der Waals surface area contributed by atoms with E-state index < -0.39 is 0 Å². The van der Waals surface area contributed by atoms with Crippen molar-refractivity contribution in [2.24, 2.45) is 5.92 Å². The highest BCUT2D eigenvalue weighted by Gasteiger charge is 2.39. The maximum atomic E-state index is 12.4. The lowest BCUT2D eigenvalue weighted by molar-refractivity contribution is -0.131. The first kappa shape index (κ1) is 18.5. The first-order chi connectivity index (χ1) is 12.6. The van der Waals surface area contributed by atoms with Crippen LogP contribution in [0.5, 0.6) is 0 Å². The lowest BCUT2D eigenvalue weighted by Crippen LogP contribution is -2.37. The van der Waals surface area contributed by atoms with Gasteiger partial charge in [-0.25, -0.2) is 0 Å². The van der Waals surface area contributed by atoms with Crippen molar-refractivity contribution in [1.29, 1.82) is 5.26 Å². The predicted octanol–water partition coefficient (Wildman–Crippen LogP) is 2.15. The molecule has 1 aromatic rings. The van der Waals surface area contributed by atoms with Crippen LogP contribution in [0.2, 0.25) is 0 Å². The van der Waals surface area contributed by atoms with Gasteiger partial charge in [-0.2, -0.15) is 5.26 Å². The van der Waals surface area contributed by atoms with Crippen molar-refractivity contribution in [2.75, 3.05) is 26.8 Å². The number of thioether (sulfide) groups is 1. The molecule has 0 saturated heterocycles. The highest BCUT2D eigenvalue weighted by molar-refractivity contribution is 8.04. The summed E-state index contributed by atoms with van der Waals surface area (Å²) in [4.78, 5) is 27.5. The van der Waals surface area contributed by atoms with E-state index in [1.54, 1.807) is 24.1 Å². The van der Waals surface area contributed by atoms with Crippen molar-refractivity contribution in [3.8, 4) is 6.07 Å². The molecule has 1 aromatic carbocycles. The number of nitrogens with one attached hydrogen (secondary N) is 1. The van der Waals surface area contributed by atoms with Gasteiger partial charge < -0.3 is 15.0 Å². The van der Waals surface area contributed by atoms with Gasteiger partial charge in [0.15, 0.2) is 0 Å². The fraction of sp³-hybridized carbons (Fsp3) is 0.421. The predicted molar refractivity (Wildman–Crippen MR) is 99.1 cm³/mol. The molecule has 136 valence electrons. The number of rotatable bonds is 5. The number of benzene rings is 1. The number of ether oxygens (including phenoxy) is 1. The third-order valence-electron chi connectivity index (χ3n) is 4.61. The van der Waals surface area contributed by atoms with Gasteiger partial charge >= 0.3 is 0 Å². The lowest BCUT2D eigenvalue weighted by atomic mass is 9.94. The van der Waals surface area contributed by atoms with E-state index in [9.17, 15) is 14.9 Å². The molecular formula is C19H21N3O3S. The summed E-state index contributed by atoms with van der Waals surface area (Å²) in [6, 6.07) is 11.3. The summed E-state index contributed by atoms with van der Waals surface area (Å²) < 4.78 is 4.97. The largest absolute Gasteiger partial charge is 0.384 e. The third kappa shape index (κ3) is 3.92. The molecule has 0 fully saturated rings. The summed E-state index contributed by atoms with van der Waals surface area (Å²) >= 11 is 1.50. The van der Waals surface area contributed by atoms with Crippen LogP contribution >= 0.6 is 11.8 Å². The molecule has 3 rings (SSSR count). The summed E-state index contributed by atoms with van der Waals surface area (Å²) in [5.41, 5.74) is 1.64. The van der Waals surface area contributed by atoms with Crippen LogP contribution in [0.1, 0.15) is 23.2 Å². The number of carbonyl (C=O) groups is 2. The van der Waals surface area contributed by atoms with Crippen LogP contribution in [0.4, 0.5) is 0 Å². The van der Waals surface area contributed by atoms with Gasteiger partial charge in [0.2, 0.25) is 5.91 Å². The average molecular weight is 371 g/mol. The smallest absolute Gasteiger partial charge is 0.252 e. The molecule has 26 heavy (non-hydrogen) atoms. The van der Waals surface area contributed by atoms with Gasteiger partial charge in [-0.15, -0.1) is 11.8 Å². The van der Waals surface area contributed by atoms with Gasteiger partial charge in [0.05, 0.1) is 36.9 Å². The van der Waals surface area contributed by atoms with E-state index in [-0.39, 0.29) is 23.1 Å². The monoisotopic (exact) mass is 371 g/mol. The topological polar surface area (TPSA) is 82.4 Å². The Morgan fingerprint density at radius 3 is 2.85 bits per heavy atom. The van der Waals surface area contributed by atoms with Crippen molar-refractivity contribution in [1.82, 2.24) is 10.2 Å². The zero-order valence-corrected chi connectivity index (χ0v) is 15.4. The maximum absolute atomic E-state index is 12.4. The molecule has 2 unspecified atom stereocenters. The number of amides is 2. The second kappa shape index (κ2) is 8.39. The van der Waals surface area contributed by atoms with Crippen LogP contribution in [-0.2, 0) is 9.53 Å². The molecular weight excluding hydrogens is 350 g/mol. The second-order valence-electron chi connectivity index (χ2n) is 6.24. The summed E-state index contributed by atoms with van der Waals surface area (Å²) in [5, 5.41) is 12.3. The summed E-state index contributed by atoms with van der Waals surface area (Å²) in [6.07, 6.45) is 1.04. The number of nitriles is 1. The van der Waals surface area contributed by atoms with Gasteiger partial charge in [0.1, 0.15) is 0 Å². The molecule has 0 aliphatic carbocycles. The van der Waals surface area contributed by atoms with Crippen molar-refractivity contribution in [3.05, 3.63) is 46.4 Å². The van der Waals surface area contributed by atoms with Gasteiger partial charge in [0, 0.05) is 24.1 Å². The number of hydrogen-bond acceptors (Lipinski definition) is 5. The molecule has 6 nitrogen and oxygen atoms in total. The fourth-order valence-corrected chi connectivity index (χ4v) is 4.66. The third-order valence-corrected chi connectivity index (χ3v) is 5.93. The number of carbonyl (C=O) groups excluding carboxylic acids is 2. The van der Waals surface area contributed by atoms with E-state index >= 15 is 0 Å². The van der Waals surface area contributed by atoms with Crippen LogP contribution in [-0.4, -0.2) is 48.9 Å². The quantitative estimate of drug-likeness (QED) is 0.858. The highest BCUT2D eigenvalue weighted by Crippen LogP contribution is 2.44. The van der Waals surface area contributed by atoms with Crippen LogP contribution < -0.4 is 5.32 Å². The van der Waals surface area contributed by atoms with Crippen LogP contribution in [0.3, 0.4) is 0 Å². The molecule has 2 atom stereocenters. The van der Waals surface area contributed by atoms with E-state index in [4.69, 9.17) is 4.74 Å². The normalized spacial score (nSPS) is 21.9. The molecule has 1 N–H and O–H groups in total. The van der Waals surface area contributed by atoms with E-state index in [2.05, 4.69) is 11.4 Å². The van der Waals surface area contributed by atoms with Gasteiger partial charge in [-0.3, -0.25) is 9.59 Å². The van der Waals surface area contributed by atoms with Crippen LogP contribution in [0.15, 0.2) is 40.8 Å². The minimum absolute atomic E-state index is 0.0595. The first-order valence-corrected chi connectivity index (χ1v) is 9.43. The Morgan fingerprint density at radius 1 is 1.38 bits per heavy atom. The molecule has 0 bridgehead atoms. The lowest BCUT2D eigenvalue weighted by Gasteiger charge is -2.28. The highest BCUT2D eigenvalue weighted by atomic mass is 32.2. The Labute approximate surface area is 157 Å². The van der Waals surface area contributed by atoms with Crippen LogP contribution in [0.25, 0.3) is 0 Å². The molecule has 0 spiro atoms. The Hall–Kier alpha value is -2.30. The minimum atomic E-state index is -0.348. The Bertz CT molecular complexity index is 757. The number of nitrogens with zero attached hydrogens (tertiary/aromatic N) is 2. The van der Waals surface area contributed by atoms with Gasteiger partial charge in [-0.05, 0) is 24.1 Å². The molecule has 7 heteroatoms. The molecule has 2 amide bonds. The molecule has 0 aromatic heterocycles. The Kier molecular flexibility index (Phi) is 5.96. The van der Waals surface area contributed by atoms with Crippen LogP contribution in [0, 0.1) is 17.2 Å². The van der Waals surface area contributed by atoms with E-state index in [1.165, 1.54) is 11.8 Å². The molecule has 2 aliphatic heterocycles. The van der Waals surface area contributed by atoms with Crippen molar-refractivity contribution >= 4 is 23.6 Å². The maximum Gasteiger partial charge on any atom is 0.252 e. The standard InChI is InChI=1S/C19H21N3O3S/c1-25-10-8-17(23)22-9-7-14-15(11-20)19(26-16(14)12-22)21-18(24)13-5-3-2-4-6-13/h2-6,15,19H,7-10,12H2,1H3,(H,21,24). The van der Waals surface area contributed by atoms with Gasteiger partial charge in [-0.1, -0.05) is 18.2 Å². The SMILES string of the molecule is COCCC(=O)N1CCC2=C(C1)SC(NC(=O)c1ccccc1)C2C#N. The second-order valence-corrected chi connectivity index (χ2v) is 7.48.